The van der Waals surface area contributed by atoms with E-state index in [1.54, 1.807) is 13.8 Å². The van der Waals surface area contributed by atoms with Gasteiger partial charge in [0.15, 0.2) is 0 Å². The van der Waals surface area contributed by atoms with Crippen LogP contribution in [0.15, 0.2) is 24.3 Å². The van der Waals surface area contributed by atoms with Crippen molar-refractivity contribution in [1.29, 1.82) is 0 Å². The van der Waals surface area contributed by atoms with Crippen LogP contribution >= 0.6 is 0 Å². The fraction of sp³-hybridized carbons (Fsp3) is 0.400. The number of aliphatic hydroxyl groups is 2. The maximum Gasteiger partial charge on any atom is 0.305 e. The van der Waals surface area contributed by atoms with Crippen molar-refractivity contribution in [2.24, 2.45) is 0 Å². The molecule has 8 heteroatoms. The third-order valence-corrected chi connectivity index (χ3v) is 8.78. The Morgan fingerprint density at radius 3 is 2.02 bits per heavy atom. The summed E-state index contributed by atoms with van der Waals surface area (Å²) in [6, 6.07) is 8.08. The van der Waals surface area contributed by atoms with Crippen LogP contribution in [0.3, 0.4) is 0 Å². The van der Waals surface area contributed by atoms with Crippen LogP contribution in [-0.4, -0.2) is 49.3 Å². The van der Waals surface area contributed by atoms with Gasteiger partial charge in [0.2, 0.25) is 0 Å². The summed E-state index contributed by atoms with van der Waals surface area (Å²) in [6.07, 6.45) is 1.20. The van der Waals surface area contributed by atoms with E-state index in [0.29, 0.717) is 12.1 Å². The molecule has 8 bridgehead atoms. The molecule has 226 valence electrons. The Morgan fingerprint density at radius 2 is 1.37 bits per heavy atom. The molecule has 3 aromatic rings. The second-order valence-corrected chi connectivity index (χ2v) is 11.7. The number of rotatable bonds is 7. The number of nitrogens with one attached hydrogen (secondary N) is 2. The second kappa shape index (κ2) is 11.9. The predicted octanol–water partition coefficient (Wildman–Crippen LogP) is 7.13. The number of allylic oxidation sites excluding steroid dienone is 3. The zero-order chi connectivity index (χ0) is 31.2. The van der Waals surface area contributed by atoms with Crippen LogP contribution in [0.5, 0.6) is 0 Å². The van der Waals surface area contributed by atoms with E-state index in [0.717, 1.165) is 91.0 Å². The summed E-state index contributed by atoms with van der Waals surface area (Å²) in [5.74, 6) is -0.261. The number of aliphatic hydroxyl groups excluding tert-OH is 2. The number of aryl methyl sites for hydroxylation is 3. The minimum absolute atomic E-state index is 0.259. The lowest BCUT2D eigenvalue weighted by Gasteiger charge is -2.07. The zero-order valence-electron chi connectivity index (χ0n) is 26.4. The number of methoxy groups -OCH3 is 1. The molecule has 0 saturated heterocycles. The molecule has 2 unspecified atom stereocenters. The second-order valence-electron chi connectivity index (χ2n) is 11.7. The Hall–Kier alpha value is -4.01. The largest absolute Gasteiger partial charge is 0.469 e. The molecular formula is C35H42N4O4. The molecule has 0 aliphatic carbocycles. The van der Waals surface area contributed by atoms with Gasteiger partial charge in [0.1, 0.15) is 0 Å². The number of hydrogen-bond acceptors (Lipinski definition) is 6. The normalized spacial score (nSPS) is 14.8. The van der Waals surface area contributed by atoms with E-state index in [9.17, 15) is 15.0 Å². The van der Waals surface area contributed by atoms with Gasteiger partial charge in [0.25, 0.3) is 0 Å². The Balaban J connectivity index is 1.95. The van der Waals surface area contributed by atoms with Crippen LogP contribution in [0.25, 0.3) is 44.4 Å². The van der Waals surface area contributed by atoms with E-state index in [-0.39, 0.29) is 12.4 Å². The van der Waals surface area contributed by atoms with Crippen molar-refractivity contribution in [3.8, 4) is 0 Å². The molecular weight excluding hydrogens is 540 g/mol. The molecule has 2 atom stereocenters. The fourth-order valence-corrected chi connectivity index (χ4v) is 6.43. The van der Waals surface area contributed by atoms with Gasteiger partial charge in [-0.3, -0.25) is 4.79 Å². The molecule has 0 spiro atoms. The van der Waals surface area contributed by atoms with E-state index in [1.807, 2.05) is 32.9 Å². The number of ether oxygens (including phenoxy) is 1. The maximum absolute atomic E-state index is 12.1. The predicted molar refractivity (Wildman–Crippen MR) is 173 cm³/mol. The van der Waals surface area contributed by atoms with Crippen LogP contribution in [0, 0.1) is 13.8 Å². The molecule has 43 heavy (non-hydrogen) atoms. The first-order chi connectivity index (χ1) is 20.4. The summed E-state index contributed by atoms with van der Waals surface area (Å²) in [7, 11) is 1.41. The SMILES string of the molecule is CCCC1=C(C)c2cc3[nH]c(cc4nc(cc5[nH]c(cc1n2)c(CCC(=O)OC)c5C)C(C(C)O)=C4C)c(C(C)O)c3C. The van der Waals surface area contributed by atoms with Crippen molar-refractivity contribution in [2.45, 2.75) is 86.4 Å². The van der Waals surface area contributed by atoms with Gasteiger partial charge >= 0.3 is 5.97 Å². The summed E-state index contributed by atoms with van der Waals surface area (Å²) in [4.78, 5) is 29.4. The molecule has 5 rings (SSSR count). The first-order valence-corrected chi connectivity index (χ1v) is 15.0. The fourth-order valence-electron chi connectivity index (χ4n) is 6.43. The highest BCUT2D eigenvalue weighted by Gasteiger charge is 2.23. The van der Waals surface area contributed by atoms with Crippen LogP contribution < -0.4 is 0 Å². The highest BCUT2D eigenvalue weighted by atomic mass is 16.5. The van der Waals surface area contributed by atoms with Gasteiger partial charge in [-0.1, -0.05) is 13.3 Å². The number of H-pyrrole nitrogens is 2. The number of aromatic amines is 2. The Labute approximate surface area is 252 Å². The molecule has 8 nitrogen and oxygen atoms in total. The van der Waals surface area contributed by atoms with E-state index < -0.39 is 12.2 Å². The van der Waals surface area contributed by atoms with Gasteiger partial charge in [-0.15, -0.1) is 0 Å². The first kappa shape index (κ1) is 30.4. The van der Waals surface area contributed by atoms with Crippen molar-refractivity contribution >= 4 is 50.3 Å². The molecule has 2 aliphatic heterocycles. The van der Waals surface area contributed by atoms with Crippen LogP contribution in [0.2, 0.25) is 0 Å². The molecule has 0 saturated carbocycles. The van der Waals surface area contributed by atoms with Gasteiger partial charge in [-0.2, -0.15) is 0 Å². The average molecular weight is 583 g/mol. The molecule has 4 N–H and O–H groups in total. The monoisotopic (exact) mass is 582 g/mol. The summed E-state index contributed by atoms with van der Waals surface area (Å²) < 4.78 is 4.95. The van der Waals surface area contributed by atoms with Gasteiger partial charge < -0.3 is 24.9 Å². The number of aromatic nitrogens is 4. The lowest BCUT2D eigenvalue weighted by Crippen LogP contribution is -2.03. The molecule has 0 fully saturated rings. The molecule has 0 aromatic carbocycles. The summed E-state index contributed by atoms with van der Waals surface area (Å²) >= 11 is 0. The lowest BCUT2D eigenvalue weighted by atomic mass is 10.00. The summed E-state index contributed by atoms with van der Waals surface area (Å²) in [5, 5.41) is 21.6. The Morgan fingerprint density at radius 1 is 0.791 bits per heavy atom. The number of fused-ring (bicyclic) bond motifs is 8. The smallest absolute Gasteiger partial charge is 0.305 e. The van der Waals surface area contributed by atoms with Crippen molar-refractivity contribution in [3.05, 3.63) is 69.3 Å². The number of nitrogens with zero attached hydrogens (tertiary/aromatic N) is 2. The van der Waals surface area contributed by atoms with Crippen molar-refractivity contribution < 1.29 is 19.7 Å². The van der Waals surface area contributed by atoms with E-state index >= 15 is 0 Å². The van der Waals surface area contributed by atoms with Gasteiger partial charge in [-0.05, 0) is 112 Å². The van der Waals surface area contributed by atoms with Crippen molar-refractivity contribution in [2.75, 3.05) is 7.11 Å². The quantitative estimate of drug-likeness (QED) is 0.220. The van der Waals surface area contributed by atoms with Crippen LogP contribution in [0.1, 0.15) is 105 Å². The lowest BCUT2D eigenvalue weighted by molar-refractivity contribution is -0.140. The maximum atomic E-state index is 12.1. The standard InChI is InChI=1S/C35H42N4O4/c1-9-10-23-17(2)25-13-27-19(4)34(21(6)40)32(38-27)15-28-20(5)35(22(7)41)31(39-28)14-26-18(3)24(11-12-33(42)43-8)30(37-26)16-29(23)36-25/h13-16,21-22,37-38,40-41H,9-12H2,1-8H3. The topological polar surface area (TPSA) is 124 Å². The highest BCUT2D eigenvalue weighted by Crippen LogP contribution is 2.37. The van der Waals surface area contributed by atoms with E-state index in [2.05, 4.69) is 35.9 Å². The van der Waals surface area contributed by atoms with Crippen LogP contribution in [-0.2, 0) is 16.0 Å². The third-order valence-electron chi connectivity index (χ3n) is 8.78. The number of hydrogen-bond donors (Lipinski definition) is 4. The van der Waals surface area contributed by atoms with Gasteiger partial charge in [-0.25, -0.2) is 9.97 Å². The Bertz CT molecular complexity index is 1840. The van der Waals surface area contributed by atoms with E-state index in [4.69, 9.17) is 14.7 Å². The van der Waals surface area contributed by atoms with Gasteiger partial charge in [0.05, 0.1) is 42.1 Å². The number of esters is 1. The molecule has 0 radical (unpaired) electrons. The highest BCUT2D eigenvalue weighted by molar-refractivity contribution is 5.95. The third kappa shape index (κ3) is 5.57. The first-order valence-electron chi connectivity index (χ1n) is 15.0. The van der Waals surface area contributed by atoms with Crippen LogP contribution in [0.4, 0.5) is 0 Å². The minimum Gasteiger partial charge on any atom is -0.469 e. The average Bonchev–Trinajstić information content (AvgIpc) is 3.61. The number of carbonyl (C=O) groups is 1. The molecule has 3 aromatic heterocycles. The Kier molecular flexibility index (Phi) is 8.45. The molecule has 2 aliphatic rings. The number of carbonyl (C=O) groups excluding carboxylic acids is 1. The van der Waals surface area contributed by atoms with Crippen molar-refractivity contribution in [1.82, 2.24) is 19.9 Å². The summed E-state index contributed by atoms with van der Waals surface area (Å²) in [6.45, 7) is 13.8. The minimum atomic E-state index is -0.736. The van der Waals surface area contributed by atoms with E-state index in [1.165, 1.54) is 12.7 Å². The molecule has 0 amide bonds. The van der Waals surface area contributed by atoms with Crippen molar-refractivity contribution in [3.63, 3.8) is 0 Å². The zero-order valence-corrected chi connectivity index (χ0v) is 26.4. The molecule has 5 heterocycles. The summed E-state index contributed by atoms with van der Waals surface area (Å²) in [5.41, 5.74) is 14.3. The van der Waals surface area contributed by atoms with Gasteiger partial charge in [0, 0.05) is 39.6 Å².